The Balaban J connectivity index is 1.93. The fourth-order valence-electron chi connectivity index (χ4n) is 2.61. The van der Waals surface area contributed by atoms with E-state index in [1.54, 1.807) is 6.07 Å². The van der Waals surface area contributed by atoms with Crippen LogP contribution in [0.25, 0.3) is 0 Å². The van der Waals surface area contributed by atoms with Gasteiger partial charge in [0.05, 0.1) is 12.7 Å². The van der Waals surface area contributed by atoms with Crippen LogP contribution >= 0.6 is 23.2 Å². The molecule has 1 aliphatic carbocycles. The fraction of sp³-hybridized carbons (Fsp3) is 0.643. The van der Waals surface area contributed by atoms with Crippen LogP contribution in [0.4, 0.5) is 0 Å². The number of hydrogen-bond donors (Lipinski definition) is 0. The zero-order valence-corrected chi connectivity index (χ0v) is 12.2. The van der Waals surface area contributed by atoms with Gasteiger partial charge in [0.1, 0.15) is 10.3 Å². The van der Waals surface area contributed by atoms with Crippen molar-refractivity contribution in [3.05, 3.63) is 28.0 Å². The average molecular weight is 288 g/mol. The first kappa shape index (κ1) is 14.1. The molecule has 1 aromatic heterocycles. The zero-order chi connectivity index (χ0) is 13.0. The first-order chi connectivity index (χ1) is 8.70. The van der Waals surface area contributed by atoms with Gasteiger partial charge in [-0.15, -0.1) is 0 Å². The lowest BCUT2D eigenvalue weighted by Crippen LogP contribution is -2.27. The van der Waals surface area contributed by atoms with Gasteiger partial charge in [-0.1, -0.05) is 55.5 Å². The van der Waals surface area contributed by atoms with Crippen molar-refractivity contribution in [3.63, 3.8) is 0 Å². The molecule has 4 heteroatoms. The molecule has 0 N–H and O–H groups in total. The number of aromatic nitrogens is 1. The number of hydrogen-bond acceptors (Lipinski definition) is 2. The van der Waals surface area contributed by atoms with Crippen molar-refractivity contribution in [1.82, 2.24) is 4.98 Å². The van der Waals surface area contributed by atoms with E-state index in [1.165, 1.54) is 25.7 Å². The fourth-order valence-corrected chi connectivity index (χ4v) is 3.00. The maximum Gasteiger partial charge on any atom is 0.136 e. The minimum atomic E-state index is 0.371. The van der Waals surface area contributed by atoms with Crippen molar-refractivity contribution in [2.24, 2.45) is 5.92 Å². The van der Waals surface area contributed by atoms with Crippen LogP contribution in [0.15, 0.2) is 12.1 Å². The van der Waals surface area contributed by atoms with Gasteiger partial charge in [0.2, 0.25) is 0 Å². The second kappa shape index (κ2) is 6.74. The van der Waals surface area contributed by atoms with Gasteiger partial charge in [-0.05, 0) is 24.8 Å². The van der Waals surface area contributed by atoms with Crippen molar-refractivity contribution in [1.29, 1.82) is 0 Å². The van der Waals surface area contributed by atoms with E-state index in [0.29, 0.717) is 28.9 Å². The van der Waals surface area contributed by atoms with Gasteiger partial charge in [-0.25, -0.2) is 4.98 Å². The standard InChI is InChI=1S/C14H19Cl2NO/c1-2-10-5-3-4-6-12(10)18-9-11-7-8-13(15)17-14(11)16/h7-8,10,12H,2-6,9H2,1H3. The highest BCUT2D eigenvalue weighted by Gasteiger charge is 2.24. The Kier molecular flexibility index (Phi) is 5.28. The second-order valence-electron chi connectivity index (χ2n) is 4.89. The molecule has 0 spiro atoms. The molecule has 0 bridgehead atoms. The Morgan fingerprint density at radius 3 is 2.78 bits per heavy atom. The molecule has 18 heavy (non-hydrogen) atoms. The molecule has 1 saturated carbocycles. The van der Waals surface area contributed by atoms with E-state index in [9.17, 15) is 0 Å². The smallest absolute Gasteiger partial charge is 0.136 e. The van der Waals surface area contributed by atoms with Crippen LogP contribution in [0.2, 0.25) is 10.3 Å². The van der Waals surface area contributed by atoms with Crippen molar-refractivity contribution >= 4 is 23.2 Å². The van der Waals surface area contributed by atoms with Gasteiger partial charge in [0.15, 0.2) is 0 Å². The number of halogens is 2. The lowest BCUT2D eigenvalue weighted by atomic mass is 9.85. The minimum Gasteiger partial charge on any atom is -0.373 e. The van der Waals surface area contributed by atoms with Crippen LogP contribution in [0, 0.1) is 5.92 Å². The van der Waals surface area contributed by atoms with Crippen LogP contribution in [0.3, 0.4) is 0 Å². The quantitative estimate of drug-likeness (QED) is 0.737. The third-order valence-corrected chi connectivity index (χ3v) is 4.25. The molecule has 2 rings (SSSR count). The average Bonchev–Trinajstić information content (AvgIpc) is 2.38. The summed E-state index contributed by atoms with van der Waals surface area (Å²) in [7, 11) is 0. The Morgan fingerprint density at radius 2 is 2.06 bits per heavy atom. The third kappa shape index (κ3) is 3.59. The number of rotatable bonds is 4. The van der Waals surface area contributed by atoms with Crippen LogP contribution in [-0.2, 0) is 11.3 Å². The van der Waals surface area contributed by atoms with E-state index < -0.39 is 0 Å². The Morgan fingerprint density at radius 1 is 1.28 bits per heavy atom. The largest absolute Gasteiger partial charge is 0.373 e. The van der Waals surface area contributed by atoms with Crippen LogP contribution in [0.5, 0.6) is 0 Å². The number of nitrogens with zero attached hydrogens (tertiary/aromatic N) is 1. The van der Waals surface area contributed by atoms with Gasteiger partial charge < -0.3 is 4.74 Å². The monoisotopic (exact) mass is 287 g/mol. The molecule has 1 aliphatic rings. The molecule has 0 saturated heterocycles. The maximum absolute atomic E-state index is 6.04. The van der Waals surface area contributed by atoms with Gasteiger partial charge in [-0.3, -0.25) is 0 Å². The maximum atomic E-state index is 6.04. The van der Waals surface area contributed by atoms with Gasteiger partial charge in [0, 0.05) is 5.56 Å². The summed E-state index contributed by atoms with van der Waals surface area (Å²) < 4.78 is 6.03. The van der Waals surface area contributed by atoms with Gasteiger partial charge in [-0.2, -0.15) is 0 Å². The van der Waals surface area contributed by atoms with Crippen molar-refractivity contribution in [2.75, 3.05) is 0 Å². The third-order valence-electron chi connectivity index (χ3n) is 3.71. The summed E-state index contributed by atoms with van der Waals surface area (Å²) in [6, 6.07) is 3.64. The lowest BCUT2D eigenvalue weighted by molar-refractivity contribution is -0.0222. The van der Waals surface area contributed by atoms with Gasteiger partial charge in [0.25, 0.3) is 0 Å². The molecular weight excluding hydrogens is 269 g/mol. The highest BCUT2D eigenvalue weighted by atomic mass is 35.5. The molecule has 0 radical (unpaired) electrons. The number of ether oxygens (including phenoxy) is 1. The molecule has 0 aromatic carbocycles. The highest BCUT2D eigenvalue weighted by molar-refractivity contribution is 6.32. The Hall–Kier alpha value is -0.310. The topological polar surface area (TPSA) is 22.1 Å². The summed E-state index contributed by atoms with van der Waals surface area (Å²) in [6.07, 6.45) is 6.62. The normalized spacial score (nSPS) is 24.2. The molecule has 0 aliphatic heterocycles. The predicted molar refractivity (Wildman–Crippen MR) is 75.1 cm³/mol. The molecule has 1 heterocycles. The molecule has 2 nitrogen and oxygen atoms in total. The molecule has 0 amide bonds. The van der Waals surface area contributed by atoms with E-state index in [-0.39, 0.29) is 0 Å². The van der Waals surface area contributed by atoms with Crippen molar-refractivity contribution < 1.29 is 4.74 Å². The lowest BCUT2D eigenvalue weighted by Gasteiger charge is -2.30. The zero-order valence-electron chi connectivity index (χ0n) is 10.7. The van der Waals surface area contributed by atoms with E-state index in [2.05, 4.69) is 11.9 Å². The summed E-state index contributed by atoms with van der Waals surface area (Å²) in [4.78, 5) is 4.03. The second-order valence-corrected chi connectivity index (χ2v) is 5.63. The summed E-state index contributed by atoms with van der Waals surface area (Å²) in [5.74, 6) is 0.692. The van der Waals surface area contributed by atoms with E-state index in [1.807, 2.05) is 6.07 Å². The molecule has 2 unspecified atom stereocenters. The first-order valence-corrected chi connectivity index (χ1v) is 7.38. The van der Waals surface area contributed by atoms with Crippen LogP contribution in [-0.4, -0.2) is 11.1 Å². The van der Waals surface area contributed by atoms with E-state index >= 15 is 0 Å². The molecular formula is C14H19Cl2NO. The summed E-state index contributed by atoms with van der Waals surface area (Å²) >= 11 is 11.8. The number of pyridine rings is 1. The highest BCUT2D eigenvalue weighted by Crippen LogP contribution is 2.30. The van der Waals surface area contributed by atoms with Crippen molar-refractivity contribution in [2.45, 2.75) is 51.7 Å². The molecule has 1 aromatic rings. The predicted octanol–water partition coefficient (Wildman–Crippen LogP) is 4.87. The Labute approximate surface area is 119 Å². The SMILES string of the molecule is CCC1CCCCC1OCc1ccc(Cl)nc1Cl. The van der Waals surface area contributed by atoms with Gasteiger partial charge >= 0.3 is 0 Å². The van der Waals surface area contributed by atoms with Crippen LogP contribution < -0.4 is 0 Å². The summed E-state index contributed by atoms with van der Waals surface area (Å²) in [5.41, 5.74) is 0.918. The molecule has 100 valence electrons. The first-order valence-electron chi connectivity index (χ1n) is 6.63. The minimum absolute atomic E-state index is 0.371. The summed E-state index contributed by atoms with van der Waals surface area (Å²) in [6.45, 7) is 2.77. The van der Waals surface area contributed by atoms with E-state index in [0.717, 1.165) is 12.0 Å². The van der Waals surface area contributed by atoms with Crippen molar-refractivity contribution in [3.8, 4) is 0 Å². The summed E-state index contributed by atoms with van der Waals surface area (Å²) in [5, 5.41) is 0.874. The molecule has 2 atom stereocenters. The van der Waals surface area contributed by atoms with E-state index in [4.69, 9.17) is 27.9 Å². The van der Waals surface area contributed by atoms with Crippen LogP contribution in [0.1, 0.15) is 44.6 Å². The Bertz CT molecular complexity index is 397. The molecule has 1 fully saturated rings.